The summed E-state index contributed by atoms with van der Waals surface area (Å²) in [4.78, 5) is 4.24. The predicted octanol–water partition coefficient (Wildman–Crippen LogP) is 1.59. The maximum absolute atomic E-state index is 5.81. The first-order chi connectivity index (χ1) is 5.65. The Balaban J connectivity index is 2.69. The first kappa shape index (κ1) is 9.10. The lowest BCUT2D eigenvalue weighted by atomic mass is 10.0. The number of aryl methyl sites for hydroxylation is 1. The van der Waals surface area contributed by atoms with Crippen LogP contribution in [0.2, 0.25) is 0 Å². The summed E-state index contributed by atoms with van der Waals surface area (Å²) in [5, 5.41) is 0. The van der Waals surface area contributed by atoms with E-state index < -0.39 is 0 Å². The van der Waals surface area contributed by atoms with Crippen LogP contribution in [0, 0.1) is 5.92 Å². The summed E-state index contributed by atoms with van der Waals surface area (Å²) in [5.41, 5.74) is 6.84. The Morgan fingerprint density at radius 3 is 2.75 bits per heavy atom. The minimum absolute atomic E-state index is 0.669. The molecule has 1 unspecified atom stereocenters. The third-order valence-electron chi connectivity index (χ3n) is 2.30. The van der Waals surface area contributed by atoms with Crippen LogP contribution >= 0.6 is 0 Å². The molecule has 1 atom stereocenters. The zero-order valence-electron chi connectivity index (χ0n) is 8.04. The van der Waals surface area contributed by atoms with E-state index in [-0.39, 0.29) is 0 Å². The second kappa shape index (κ2) is 3.61. The van der Waals surface area contributed by atoms with Gasteiger partial charge >= 0.3 is 0 Å². The molecule has 3 heteroatoms. The van der Waals surface area contributed by atoms with Crippen LogP contribution in [0.3, 0.4) is 0 Å². The van der Waals surface area contributed by atoms with Crippen molar-refractivity contribution in [3.05, 3.63) is 12.0 Å². The summed E-state index contributed by atoms with van der Waals surface area (Å²) >= 11 is 0. The Morgan fingerprint density at radius 2 is 2.33 bits per heavy atom. The van der Waals surface area contributed by atoms with Crippen molar-refractivity contribution >= 4 is 5.82 Å². The Kier molecular flexibility index (Phi) is 2.74. The number of rotatable bonds is 3. The van der Waals surface area contributed by atoms with Gasteiger partial charge in [0.05, 0.1) is 12.0 Å². The van der Waals surface area contributed by atoms with Gasteiger partial charge in [-0.1, -0.05) is 20.3 Å². The molecule has 0 bridgehead atoms. The van der Waals surface area contributed by atoms with Crippen LogP contribution in [0.4, 0.5) is 5.82 Å². The second-order valence-corrected chi connectivity index (χ2v) is 3.40. The van der Waals surface area contributed by atoms with Gasteiger partial charge in [-0.05, 0) is 12.3 Å². The van der Waals surface area contributed by atoms with Crippen LogP contribution in [-0.2, 0) is 13.5 Å². The maximum Gasteiger partial charge on any atom is 0.126 e. The predicted molar refractivity (Wildman–Crippen MR) is 50.8 cm³/mol. The van der Waals surface area contributed by atoms with Gasteiger partial charge in [-0.2, -0.15) is 0 Å². The maximum atomic E-state index is 5.81. The summed E-state index contributed by atoms with van der Waals surface area (Å²) in [6.07, 6.45) is 3.94. The molecule has 0 aliphatic heterocycles. The molecule has 0 aromatic carbocycles. The van der Waals surface area contributed by atoms with Crippen molar-refractivity contribution in [1.82, 2.24) is 9.55 Å². The highest BCUT2D eigenvalue weighted by Crippen LogP contribution is 2.15. The summed E-state index contributed by atoms with van der Waals surface area (Å²) in [6, 6.07) is 0. The number of nitrogens with zero attached hydrogens (tertiary/aromatic N) is 2. The number of nitrogen functional groups attached to an aromatic ring is 1. The first-order valence-electron chi connectivity index (χ1n) is 4.40. The van der Waals surface area contributed by atoms with Gasteiger partial charge in [0.2, 0.25) is 0 Å². The molecule has 0 amide bonds. The third kappa shape index (κ3) is 1.78. The van der Waals surface area contributed by atoms with Gasteiger partial charge in [0.1, 0.15) is 5.82 Å². The van der Waals surface area contributed by atoms with E-state index in [0.717, 1.165) is 17.9 Å². The van der Waals surface area contributed by atoms with Gasteiger partial charge in [0, 0.05) is 7.05 Å². The van der Waals surface area contributed by atoms with Gasteiger partial charge in [0.25, 0.3) is 0 Å². The van der Waals surface area contributed by atoms with Gasteiger partial charge in [-0.25, -0.2) is 4.98 Å². The molecule has 1 aromatic rings. The SMILES string of the molecule is CCC(C)Cc1ncn(C)c1N. The van der Waals surface area contributed by atoms with Crippen LogP contribution in [0.25, 0.3) is 0 Å². The van der Waals surface area contributed by atoms with Crippen molar-refractivity contribution in [3.8, 4) is 0 Å². The van der Waals surface area contributed by atoms with Crippen LogP contribution in [0.15, 0.2) is 6.33 Å². The zero-order valence-corrected chi connectivity index (χ0v) is 8.04. The highest BCUT2D eigenvalue weighted by Gasteiger charge is 2.08. The quantitative estimate of drug-likeness (QED) is 0.743. The molecule has 0 saturated carbocycles. The van der Waals surface area contributed by atoms with E-state index in [4.69, 9.17) is 5.73 Å². The number of nitrogens with two attached hydrogens (primary N) is 1. The number of hydrogen-bond donors (Lipinski definition) is 1. The highest BCUT2D eigenvalue weighted by molar-refractivity contribution is 5.35. The monoisotopic (exact) mass is 167 g/mol. The largest absolute Gasteiger partial charge is 0.384 e. The lowest BCUT2D eigenvalue weighted by Gasteiger charge is -2.06. The van der Waals surface area contributed by atoms with E-state index in [0.29, 0.717) is 5.92 Å². The van der Waals surface area contributed by atoms with E-state index in [1.807, 2.05) is 11.6 Å². The molecule has 12 heavy (non-hydrogen) atoms. The normalized spacial score (nSPS) is 13.2. The standard InChI is InChI=1S/C9H17N3/c1-4-7(2)5-8-9(10)12(3)6-11-8/h6-7H,4-5,10H2,1-3H3. The van der Waals surface area contributed by atoms with E-state index in [1.165, 1.54) is 6.42 Å². The molecule has 2 N–H and O–H groups in total. The van der Waals surface area contributed by atoms with Gasteiger partial charge in [-0.15, -0.1) is 0 Å². The zero-order chi connectivity index (χ0) is 9.14. The summed E-state index contributed by atoms with van der Waals surface area (Å²) in [7, 11) is 1.92. The average molecular weight is 167 g/mol. The highest BCUT2D eigenvalue weighted by atomic mass is 15.1. The van der Waals surface area contributed by atoms with E-state index in [9.17, 15) is 0 Å². The fourth-order valence-electron chi connectivity index (χ4n) is 1.12. The van der Waals surface area contributed by atoms with Crippen molar-refractivity contribution in [2.45, 2.75) is 26.7 Å². The van der Waals surface area contributed by atoms with E-state index in [1.54, 1.807) is 6.33 Å². The first-order valence-corrected chi connectivity index (χ1v) is 4.40. The van der Waals surface area contributed by atoms with Crippen molar-refractivity contribution in [1.29, 1.82) is 0 Å². The molecule has 0 saturated heterocycles. The molecule has 3 nitrogen and oxygen atoms in total. The summed E-state index contributed by atoms with van der Waals surface area (Å²) < 4.78 is 1.86. The Labute approximate surface area is 73.6 Å². The van der Waals surface area contributed by atoms with Crippen LogP contribution in [-0.4, -0.2) is 9.55 Å². The molecular formula is C9H17N3. The molecule has 0 fully saturated rings. The topological polar surface area (TPSA) is 43.8 Å². The fraction of sp³-hybridized carbons (Fsp3) is 0.667. The number of anilines is 1. The van der Waals surface area contributed by atoms with Crippen molar-refractivity contribution in [2.75, 3.05) is 5.73 Å². The van der Waals surface area contributed by atoms with Crippen LogP contribution < -0.4 is 5.73 Å². The Hall–Kier alpha value is -0.990. The van der Waals surface area contributed by atoms with Crippen LogP contribution in [0.5, 0.6) is 0 Å². The van der Waals surface area contributed by atoms with Gasteiger partial charge < -0.3 is 10.3 Å². The molecule has 1 aromatic heterocycles. The molecule has 0 radical (unpaired) electrons. The number of aromatic nitrogens is 2. The summed E-state index contributed by atoms with van der Waals surface area (Å²) in [5.74, 6) is 1.47. The summed E-state index contributed by atoms with van der Waals surface area (Å²) in [6.45, 7) is 4.40. The second-order valence-electron chi connectivity index (χ2n) is 3.40. The van der Waals surface area contributed by atoms with Crippen molar-refractivity contribution in [2.24, 2.45) is 13.0 Å². The van der Waals surface area contributed by atoms with Crippen molar-refractivity contribution < 1.29 is 0 Å². The minimum Gasteiger partial charge on any atom is -0.384 e. The molecule has 1 heterocycles. The Bertz CT molecular complexity index is 252. The van der Waals surface area contributed by atoms with Crippen LogP contribution in [0.1, 0.15) is 26.0 Å². The van der Waals surface area contributed by atoms with Gasteiger partial charge in [0.15, 0.2) is 0 Å². The molecule has 0 spiro atoms. The average Bonchev–Trinajstić information content (AvgIpc) is 2.36. The molecule has 0 aliphatic carbocycles. The molecule has 1 rings (SSSR count). The number of hydrogen-bond acceptors (Lipinski definition) is 2. The molecule has 0 aliphatic rings. The van der Waals surface area contributed by atoms with Gasteiger partial charge in [-0.3, -0.25) is 0 Å². The molecule has 68 valence electrons. The third-order valence-corrected chi connectivity index (χ3v) is 2.30. The van der Waals surface area contributed by atoms with Crippen molar-refractivity contribution in [3.63, 3.8) is 0 Å². The fourth-order valence-corrected chi connectivity index (χ4v) is 1.12. The minimum atomic E-state index is 0.669. The lowest BCUT2D eigenvalue weighted by Crippen LogP contribution is -2.03. The lowest BCUT2D eigenvalue weighted by molar-refractivity contribution is 0.554. The molecular weight excluding hydrogens is 150 g/mol. The number of imidazole rings is 1. The Morgan fingerprint density at radius 1 is 1.67 bits per heavy atom. The van der Waals surface area contributed by atoms with E-state index >= 15 is 0 Å². The van der Waals surface area contributed by atoms with E-state index in [2.05, 4.69) is 18.8 Å². The smallest absolute Gasteiger partial charge is 0.126 e.